The van der Waals surface area contributed by atoms with E-state index in [0.29, 0.717) is 0 Å². The quantitative estimate of drug-likeness (QED) is 0.731. The van der Waals surface area contributed by atoms with Gasteiger partial charge in [0.1, 0.15) is 0 Å². The Labute approximate surface area is 91.4 Å². The molecule has 0 fully saturated rings. The Morgan fingerprint density at radius 1 is 1.33 bits per heavy atom. The third-order valence-corrected chi connectivity index (χ3v) is 3.11. The van der Waals surface area contributed by atoms with Crippen molar-refractivity contribution in [2.45, 2.75) is 39.2 Å². The largest absolute Gasteiger partial charge is 0.389 e. The molecule has 1 aliphatic carbocycles. The van der Waals surface area contributed by atoms with Gasteiger partial charge in [-0.15, -0.1) is 0 Å². The van der Waals surface area contributed by atoms with Gasteiger partial charge in [-0.25, -0.2) is 0 Å². The van der Waals surface area contributed by atoms with Crippen LogP contribution in [0.2, 0.25) is 0 Å². The van der Waals surface area contributed by atoms with Gasteiger partial charge >= 0.3 is 0 Å². The van der Waals surface area contributed by atoms with Crippen molar-refractivity contribution in [1.82, 2.24) is 0 Å². The summed E-state index contributed by atoms with van der Waals surface area (Å²) in [6.07, 6.45) is 4.77. The average Bonchev–Trinajstić information content (AvgIpc) is 2.58. The third kappa shape index (κ3) is 2.48. The molecule has 1 N–H and O–H groups in total. The summed E-state index contributed by atoms with van der Waals surface area (Å²) in [5.74, 6) is 0. The van der Waals surface area contributed by atoms with Crippen LogP contribution in [0.25, 0.3) is 0 Å². The molecule has 1 atom stereocenters. The maximum Gasteiger partial charge on any atom is 0.0726 e. The van der Waals surface area contributed by atoms with Crippen molar-refractivity contribution < 1.29 is 5.11 Å². The summed E-state index contributed by atoms with van der Waals surface area (Å²) in [6.45, 7) is 4.28. The minimum Gasteiger partial charge on any atom is -0.389 e. The van der Waals surface area contributed by atoms with Gasteiger partial charge in [-0.1, -0.05) is 35.4 Å². The summed E-state index contributed by atoms with van der Waals surface area (Å²) in [6, 6.07) is 6.58. The SMILES string of the molecule is Cc1ccc(C)c(CC2=CC(O)CC2)c1. The molecule has 0 radical (unpaired) electrons. The number of hydrogen-bond donors (Lipinski definition) is 1. The van der Waals surface area contributed by atoms with Crippen molar-refractivity contribution >= 4 is 0 Å². The monoisotopic (exact) mass is 202 g/mol. The molecule has 0 aromatic heterocycles. The van der Waals surface area contributed by atoms with E-state index in [1.807, 2.05) is 6.08 Å². The van der Waals surface area contributed by atoms with Gasteiger partial charge in [0.15, 0.2) is 0 Å². The zero-order chi connectivity index (χ0) is 10.8. The molecule has 0 aliphatic heterocycles. The second-order valence-electron chi connectivity index (χ2n) is 4.54. The second kappa shape index (κ2) is 4.19. The van der Waals surface area contributed by atoms with E-state index in [1.165, 1.54) is 22.3 Å². The normalized spacial score (nSPS) is 20.5. The van der Waals surface area contributed by atoms with E-state index in [9.17, 15) is 5.11 Å². The van der Waals surface area contributed by atoms with Gasteiger partial charge in [-0.2, -0.15) is 0 Å². The van der Waals surface area contributed by atoms with Crippen LogP contribution in [-0.2, 0) is 6.42 Å². The van der Waals surface area contributed by atoms with Crippen LogP contribution < -0.4 is 0 Å². The van der Waals surface area contributed by atoms with Gasteiger partial charge in [0.25, 0.3) is 0 Å². The van der Waals surface area contributed by atoms with Gasteiger partial charge in [0, 0.05) is 0 Å². The lowest BCUT2D eigenvalue weighted by Gasteiger charge is -2.07. The summed E-state index contributed by atoms with van der Waals surface area (Å²) in [4.78, 5) is 0. The summed E-state index contributed by atoms with van der Waals surface area (Å²) in [5.41, 5.74) is 5.45. The van der Waals surface area contributed by atoms with E-state index in [-0.39, 0.29) is 6.10 Å². The third-order valence-electron chi connectivity index (χ3n) is 3.11. The number of aryl methyl sites for hydroxylation is 2. The van der Waals surface area contributed by atoms with Crippen LogP contribution in [0.15, 0.2) is 29.8 Å². The predicted molar refractivity (Wildman–Crippen MR) is 62.9 cm³/mol. The first-order valence-corrected chi connectivity index (χ1v) is 5.59. The van der Waals surface area contributed by atoms with Crippen molar-refractivity contribution in [2.75, 3.05) is 0 Å². The minimum absolute atomic E-state index is 0.204. The van der Waals surface area contributed by atoms with Crippen LogP contribution in [-0.4, -0.2) is 11.2 Å². The Kier molecular flexibility index (Phi) is 2.92. The lowest BCUT2D eigenvalue weighted by Crippen LogP contribution is -1.93. The Hall–Kier alpha value is -1.08. The Morgan fingerprint density at radius 3 is 2.80 bits per heavy atom. The highest BCUT2D eigenvalue weighted by Gasteiger charge is 2.13. The second-order valence-corrected chi connectivity index (χ2v) is 4.54. The van der Waals surface area contributed by atoms with Crippen molar-refractivity contribution in [1.29, 1.82) is 0 Å². The fraction of sp³-hybridized carbons (Fsp3) is 0.429. The lowest BCUT2D eigenvalue weighted by atomic mass is 9.98. The Morgan fingerprint density at radius 2 is 2.13 bits per heavy atom. The molecule has 80 valence electrons. The molecular formula is C14H18O. The molecule has 0 saturated heterocycles. The number of aliphatic hydroxyl groups excluding tert-OH is 1. The van der Waals surface area contributed by atoms with Crippen LogP contribution in [0, 0.1) is 13.8 Å². The zero-order valence-corrected chi connectivity index (χ0v) is 9.46. The van der Waals surface area contributed by atoms with Gasteiger partial charge in [0.2, 0.25) is 0 Å². The summed E-state index contributed by atoms with van der Waals surface area (Å²) in [7, 11) is 0. The van der Waals surface area contributed by atoms with E-state index >= 15 is 0 Å². The van der Waals surface area contributed by atoms with Crippen molar-refractivity contribution in [3.05, 3.63) is 46.5 Å². The molecule has 0 amide bonds. The highest BCUT2D eigenvalue weighted by Crippen LogP contribution is 2.24. The standard InChI is InChI=1S/C14H18O/c1-10-3-4-11(2)13(7-10)8-12-5-6-14(15)9-12/h3-4,7,9,14-15H,5-6,8H2,1-2H3. The molecule has 1 heteroatoms. The Bertz CT molecular complexity index is 390. The fourth-order valence-electron chi connectivity index (χ4n) is 2.15. The highest BCUT2D eigenvalue weighted by atomic mass is 16.3. The van der Waals surface area contributed by atoms with Crippen LogP contribution in [0.3, 0.4) is 0 Å². The number of hydrogen-bond acceptors (Lipinski definition) is 1. The molecule has 15 heavy (non-hydrogen) atoms. The van der Waals surface area contributed by atoms with E-state index < -0.39 is 0 Å². The van der Waals surface area contributed by atoms with Crippen molar-refractivity contribution in [2.24, 2.45) is 0 Å². The molecule has 1 aromatic rings. The molecule has 1 aliphatic rings. The Balaban J connectivity index is 2.17. The van der Waals surface area contributed by atoms with Crippen LogP contribution in [0.4, 0.5) is 0 Å². The molecule has 0 bridgehead atoms. The van der Waals surface area contributed by atoms with Gasteiger partial charge in [-0.05, 0) is 44.2 Å². The molecule has 0 spiro atoms. The molecular weight excluding hydrogens is 184 g/mol. The zero-order valence-electron chi connectivity index (χ0n) is 9.46. The number of allylic oxidation sites excluding steroid dienone is 1. The van der Waals surface area contributed by atoms with Crippen LogP contribution in [0.5, 0.6) is 0 Å². The van der Waals surface area contributed by atoms with E-state index in [0.717, 1.165) is 19.3 Å². The van der Waals surface area contributed by atoms with E-state index in [1.54, 1.807) is 0 Å². The summed E-state index contributed by atoms with van der Waals surface area (Å²) in [5, 5.41) is 9.43. The number of aliphatic hydroxyl groups is 1. The first kappa shape index (κ1) is 10.4. The molecule has 0 heterocycles. The first-order valence-electron chi connectivity index (χ1n) is 5.59. The minimum atomic E-state index is -0.204. The highest BCUT2D eigenvalue weighted by molar-refractivity contribution is 5.34. The van der Waals surface area contributed by atoms with Crippen molar-refractivity contribution in [3.63, 3.8) is 0 Å². The molecule has 1 unspecified atom stereocenters. The number of benzene rings is 1. The van der Waals surface area contributed by atoms with E-state index in [2.05, 4.69) is 32.0 Å². The summed E-state index contributed by atoms with van der Waals surface area (Å²) >= 11 is 0. The molecule has 2 rings (SSSR count). The van der Waals surface area contributed by atoms with Crippen LogP contribution in [0.1, 0.15) is 29.5 Å². The maximum atomic E-state index is 9.43. The van der Waals surface area contributed by atoms with Gasteiger partial charge in [-0.3, -0.25) is 0 Å². The fourth-order valence-corrected chi connectivity index (χ4v) is 2.15. The van der Waals surface area contributed by atoms with Crippen molar-refractivity contribution in [3.8, 4) is 0 Å². The van der Waals surface area contributed by atoms with Gasteiger partial charge in [0.05, 0.1) is 6.10 Å². The molecule has 1 nitrogen and oxygen atoms in total. The van der Waals surface area contributed by atoms with Crippen LogP contribution >= 0.6 is 0 Å². The predicted octanol–water partition coefficient (Wildman–Crippen LogP) is 2.93. The van der Waals surface area contributed by atoms with E-state index in [4.69, 9.17) is 0 Å². The average molecular weight is 202 g/mol. The molecule has 0 saturated carbocycles. The lowest BCUT2D eigenvalue weighted by molar-refractivity contribution is 0.223. The number of rotatable bonds is 2. The maximum absolute atomic E-state index is 9.43. The van der Waals surface area contributed by atoms with Gasteiger partial charge < -0.3 is 5.11 Å². The molecule has 1 aromatic carbocycles. The first-order chi connectivity index (χ1) is 7.15. The topological polar surface area (TPSA) is 20.2 Å². The smallest absolute Gasteiger partial charge is 0.0726 e. The summed E-state index contributed by atoms with van der Waals surface area (Å²) < 4.78 is 0.